The summed E-state index contributed by atoms with van der Waals surface area (Å²) in [6.07, 6.45) is 12.2. The van der Waals surface area contributed by atoms with Crippen LogP contribution >= 0.6 is 0 Å². The standard InChI is InChI=1S/C25H33N7O2/c33-10-5-21-20-3-1-17(13-22(20)30-29-21)18-14-23(25-26-6-7-32(25)16-18)28-24-4-2-19(15-27-24)31-8-11-34-12-9-31/h2,4,6-7,14-17,20-22,29-30,33H,1,3,5,8-13H2,(H,27,28). The number of hydrogen-bond donors (Lipinski definition) is 4. The van der Waals surface area contributed by atoms with Crippen LogP contribution in [0.1, 0.15) is 37.2 Å². The second-order valence-corrected chi connectivity index (χ2v) is 9.66. The van der Waals surface area contributed by atoms with Gasteiger partial charge in [0.2, 0.25) is 0 Å². The van der Waals surface area contributed by atoms with Gasteiger partial charge in [-0.25, -0.2) is 9.97 Å². The summed E-state index contributed by atoms with van der Waals surface area (Å²) in [4.78, 5) is 11.6. The third-order valence-corrected chi connectivity index (χ3v) is 7.68. The Morgan fingerprint density at radius 2 is 2.06 bits per heavy atom. The van der Waals surface area contributed by atoms with Gasteiger partial charge in [0, 0.05) is 50.4 Å². The molecule has 4 atom stereocenters. The molecule has 3 aromatic heterocycles. The van der Waals surface area contributed by atoms with E-state index < -0.39 is 0 Å². The van der Waals surface area contributed by atoms with E-state index in [0.29, 0.717) is 23.9 Å². The highest BCUT2D eigenvalue weighted by molar-refractivity contribution is 5.73. The predicted molar refractivity (Wildman–Crippen MR) is 131 cm³/mol. The summed E-state index contributed by atoms with van der Waals surface area (Å²) in [5, 5.41) is 12.9. The summed E-state index contributed by atoms with van der Waals surface area (Å²) in [5.41, 5.74) is 11.2. The summed E-state index contributed by atoms with van der Waals surface area (Å²) in [6.45, 7) is 3.57. The van der Waals surface area contributed by atoms with Crippen LogP contribution in [0.3, 0.4) is 0 Å². The molecule has 180 valence electrons. The first-order valence-corrected chi connectivity index (χ1v) is 12.4. The van der Waals surface area contributed by atoms with Crippen molar-refractivity contribution in [2.24, 2.45) is 5.92 Å². The van der Waals surface area contributed by atoms with Crippen LogP contribution in [0.5, 0.6) is 0 Å². The highest BCUT2D eigenvalue weighted by Gasteiger charge is 2.40. The average Bonchev–Trinajstić information content (AvgIpc) is 3.52. The largest absolute Gasteiger partial charge is 0.396 e. The number of nitrogens with one attached hydrogen (secondary N) is 3. The number of ether oxygens (including phenoxy) is 1. The molecule has 1 aliphatic carbocycles. The number of aliphatic hydroxyl groups is 1. The zero-order valence-corrected chi connectivity index (χ0v) is 19.4. The van der Waals surface area contributed by atoms with Crippen molar-refractivity contribution in [3.8, 4) is 0 Å². The van der Waals surface area contributed by atoms with E-state index in [-0.39, 0.29) is 6.61 Å². The van der Waals surface area contributed by atoms with Crippen molar-refractivity contribution < 1.29 is 9.84 Å². The average molecular weight is 464 g/mol. The van der Waals surface area contributed by atoms with E-state index in [0.717, 1.165) is 74.8 Å². The molecule has 0 aromatic carbocycles. The molecule has 6 rings (SSSR count). The number of pyridine rings is 2. The number of fused-ring (bicyclic) bond motifs is 2. The van der Waals surface area contributed by atoms with Gasteiger partial charge < -0.3 is 24.5 Å². The van der Waals surface area contributed by atoms with Gasteiger partial charge in [-0.15, -0.1) is 0 Å². The van der Waals surface area contributed by atoms with Gasteiger partial charge in [0.25, 0.3) is 0 Å². The van der Waals surface area contributed by atoms with Crippen molar-refractivity contribution in [3.63, 3.8) is 0 Å². The molecule has 0 radical (unpaired) electrons. The smallest absolute Gasteiger partial charge is 0.160 e. The molecule has 2 saturated heterocycles. The monoisotopic (exact) mass is 463 g/mol. The zero-order chi connectivity index (χ0) is 22.9. The van der Waals surface area contributed by atoms with E-state index in [1.54, 1.807) is 0 Å². The third kappa shape index (κ3) is 4.24. The maximum absolute atomic E-state index is 9.36. The Morgan fingerprint density at radius 1 is 1.15 bits per heavy atom. The Bertz CT molecular complexity index is 1110. The lowest BCUT2D eigenvalue weighted by Crippen LogP contribution is -2.36. The van der Waals surface area contributed by atoms with Crippen LogP contribution in [0.15, 0.2) is 43.0 Å². The van der Waals surface area contributed by atoms with Gasteiger partial charge in [-0.3, -0.25) is 10.9 Å². The summed E-state index contributed by atoms with van der Waals surface area (Å²) in [7, 11) is 0. The molecule has 5 heterocycles. The number of nitrogens with zero attached hydrogens (tertiary/aromatic N) is 4. The van der Waals surface area contributed by atoms with E-state index in [1.165, 1.54) is 5.56 Å². The van der Waals surface area contributed by atoms with Gasteiger partial charge in [-0.1, -0.05) is 0 Å². The molecule has 0 spiro atoms. The number of aliphatic hydroxyl groups excluding tert-OH is 1. The molecule has 34 heavy (non-hydrogen) atoms. The first kappa shape index (κ1) is 21.8. The number of hydrogen-bond acceptors (Lipinski definition) is 8. The highest BCUT2D eigenvalue weighted by Crippen LogP contribution is 2.40. The Morgan fingerprint density at radius 3 is 2.88 bits per heavy atom. The van der Waals surface area contributed by atoms with Gasteiger partial charge >= 0.3 is 0 Å². The summed E-state index contributed by atoms with van der Waals surface area (Å²) in [6, 6.07) is 7.22. The first-order chi connectivity index (χ1) is 16.8. The lowest BCUT2D eigenvalue weighted by molar-refractivity contribution is 0.122. The lowest BCUT2D eigenvalue weighted by Gasteiger charge is -2.33. The second kappa shape index (κ2) is 9.50. The predicted octanol–water partition coefficient (Wildman–Crippen LogP) is 2.42. The van der Waals surface area contributed by atoms with Crippen LogP contribution in [-0.4, -0.2) is 64.5 Å². The molecule has 4 unspecified atom stereocenters. The molecule has 1 saturated carbocycles. The van der Waals surface area contributed by atoms with E-state index in [9.17, 15) is 5.11 Å². The van der Waals surface area contributed by atoms with Crippen molar-refractivity contribution in [1.82, 2.24) is 25.2 Å². The van der Waals surface area contributed by atoms with Crippen molar-refractivity contribution in [2.45, 2.75) is 43.7 Å². The molecular formula is C25H33N7O2. The molecule has 0 amide bonds. The van der Waals surface area contributed by atoms with Gasteiger partial charge in [0.15, 0.2) is 5.65 Å². The summed E-state index contributed by atoms with van der Waals surface area (Å²) in [5.74, 6) is 1.89. The number of morpholine rings is 1. The van der Waals surface area contributed by atoms with Crippen LogP contribution in [0.4, 0.5) is 17.2 Å². The van der Waals surface area contributed by atoms with Crippen molar-refractivity contribution >= 4 is 22.8 Å². The minimum atomic E-state index is 0.236. The zero-order valence-electron chi connectivity index (χ0n) is 19.4. The molecule has 0 bridgehead atoms. The van der Waals surface area contributed by atoms with Crippen LogP contribution in [-0.2, 0) is 4.74 Å². The number of anilines is 3. The summed E-state index contributed by atoms with van der Waals surface area (Å²) >= 11 is 0. The van der Waals surface area contributed by atoms with E-state index in [1.807, 2.05) is 24.7 Å². The summed E-state index contributed by atoms with van der Waals surface area (Å²) < 4.78 is 7.57. The van der Waals surface area contributed by atoms with Gasteiger partial charge in [0.05, 0.1) is 30.8 Å². The van der Waals surface area contributed by atoms with Crippen molar-refractivity contribution in [1.29, 1.82) is 0 Å². The fourth-order valence-corrected chi connectivity index (χ4v) is 5.87. The lowest BCUT2D eigenvalue weighted by atomic mass is 9.74. The number of imidazole rings is 1. The fourth-order valence-electron chi connectivity index (χ4n) is 5.87. The highest BCUT2D eigenvalue weighted by atomic mass is 16.5. The first-order valence-electron chi connectivity index (χ1n) is 12.4. The van der Waals surface area contributed by atoms with E-state index >= 15 is 0 Å². The minimum Gasteiger partial charge on any atom is -0.396 e. The quantitative estimate of drug-likeness (QED) is 0.443. The van der Waals surface area contributed by atoms with Gasteiger partial charge in [0.1, 0.15) is 5.82 Å². The SMILES string of the molecule is OCCC1NNC2CC(c3cc(Nc4ccc(N5CCOCC5)cn4)c4nccn4c3)CCC12. The minimum absolute atomic E-state index is 0.236. The number of hydrazine groups is 1. The normalized spacial score (nSPS) is 27.1. The molecule has 3 fully saturated rings. The van der Waals surface area contributed by atoms with Crippen LogP contribution in [0.2, 0.25) is 0 Å². The Balaban J connectivity index is 1.21. The second-order valence-electron chi connectivity index (χ2n) is 9.66. The maximum atomic E-state index is 9.36. The topological polar surface area (TPSA) is 99.0 Å². The maximum Gasteiger partial charge on any atom is 0.160 e. The van der Waals surface area contributed by atoms with E-state index in [2.05, 4.69) is 53.8 Å². The molecule has 3 aromatic rings. The molecule has 2 aliphatic heterocycles. The molecule has 3 aliphatic rings. The Hall–Kier alpha value is -2.72. The van der Waals surface area contributed by atoms with E-state index in [4.69, 9.17) is 4.74 Å². The van der Waals surface area contributed by atoms with Crippen LogP contribution in [0, 0.1) is 5.92 Å². The van der Waals surface area contributed by atoms with Gasteiger partial charge in [-0.2, -0.15) is 0 Å². The molecule has 9 heteroatoms. The van der Waals surface area contributed by atoms with Crippen molar-refractivity contribution in [3.05, 3.63) is 48.5 Å². The third-order valence-electron chi connectivity index (χ3n) is 7.68. The van der Waals surface area contributed by atoms with Crippen molar-refractivity contribution in [2.75, 3.05) is 43.1 Å². The number of aromatic nitrogens is 3. The number of rotatable bonds is 6. The van der Waals surface area contributed by atoms with Crippen LogP contribution in [0.25, 0.3) is 5.65 Å². The molecular weight excluding hydrogens is 430 g/mol. The molecule has 9 nitrogen and oxygen atoms in total. The van der Waals surface area contributed by atoms with Crippen LogP contribution < -0.4 is 21.1 Å². The van der Waals surface area contributed by atoms with Gasteiger partial charge in [-0.05, 0) is 61.3 Å². The Labute approximate surface area is 199 Å². The fraction of sp³-hybridized carbons (Fsp3) is 0.520. The molecule has 4 N–H and O–H groups in total. The Kier molecular flexibility index (Phi) is 6.09.